The number of hydrogen-bond donors (Lipinski definition) is 3. The van der Waals surface area contributed by atoms with Crippen molar-refractivity contribution >= 4 is 40.4 Å². The number of rotatable bonds is 4. The molecule has 1 aliphatic carbocycles. The number of hydrazine groups is 1. The van der Waals surface area contributed by atoms with Crippen LogP contribution < -0.4 is 16.2 Å². The largest absolute Gasteiger partial charge is 0.342 e. The number of carbonyl (C=O) groups is 3. The van der Waals surface area contributed by atoms with Crippen molar-refractivity contribution in [3.05, 3.63) is 43.8 Å². The van der Waals surface area contributed by atoms with Gasteiger partial charge in [0, 0.05) is 4.88 Å². The smallest absolute Gasteiger partial charge is 0.279 e. The van der Waals surface area contributed by atoms with Crippen molar-refractivity contribution in [1.29, 1.82) is 0 Å². The van der Waals surface area contributed by atoms with Crippen molar-refractivity contribution < 1.29 is 14.4 Å². The topological polar surface area (TPSA) is 87.3 Å². The third kappa shape index (κ3) is 4.99. The van der Waals surface area contributed by atoms with E-state index in [1.807, 2.05) is 6.07 Å². The van der Waals surface area contributed by atoms with Crippen LogP contribution in [0.15, 0.2) is 23.6 Å². The van der Waals surface area contributed by atoms with E-state index in [-0.39, 0.29) is 23.8 Å². The zero-order valence-corrected chi connectivity index (χ0v) is 17.9. The molecule has 3 N–H and O–H groups in total. The monoisotopic (exact) mass is 419 g/mol. The summed E-state index contributed by atoms with van der Waals surface area (Å²) in [5.41, 5.74) is 6.28. The number of fused-ring (bicyclic) bond motifs is 1. The van der Waals surface area contributed by atoms with E-state index in [1.54, 1.807) is 17.5 Å². The Morgan fingerprint density at radius 1 is 1.14 bits per heavy atom. The number of aryl methyl sites for hydroxylation is 1. The minimum absolute atomic E-state index is 0.203. The van der Waals surface area contributed by atoms with Crippen molar-refractivity contribution in [2.24, 2.45) is 11.3 Å². The molecule has 6 nitrogen and oxygen atoms in total. The fraction of sp³-hybridized carbons (Fsp3) is 0.450. The average Bonchev–Trinajstić information content (AvgIpc) is 3.32. The van der Waals surface area contributed by atoms with Crippen LogP contribution in [0.25, 0.3) is 0 Å². The number of nitrogens with one attached hydrogen (secondary N) is 3. The molecule has 3 rings (SSSR count). The maximum absolute atomic E-state index is 12.4. The van der Waals surface area contributed by atoms with Gasteiger partial charge in [0.2, 0.25) is 0 Å². The molecule has 0 saturated heterocycles. The second kappa shape index (κ2) is 8.45. The zero-order chi connectivity index (χ0) is 20.3. The summed E-state index contributed by atoms with van der Waals surface area (Å²) in [6.07, 6.45) is 3.12. The van der Waals surface area contributed by atoms with Gasteiger partial charge in [-0.3, -0.25) is 25.2 Å². The highest BCUT2D eigenvalue weighted by Gasteiger charge is 2.30. The van der Waals surface area contributed by atoms with Crippen LogP contribution in [0.5, 0.6) is 0 Å². The predicted octanol–water partition coefficient (Wildman–Crippen LogP) is 3.15. The summed E-state index contributed by atoms with van der Waals surface area (Å²) in [5, 5.41) is 4.31. The minimum atomic E-state index is -0.479. The van der Waals surface area contributed by atoms with E-state index in [0.717, 1.165) is 19.3 Å². The Labute approximate surface area is 172 Å². The van der Waals surface area contributed by atoms with Crippen LogP contribution in [0.2, 0.25) is 0 Å². The van der Waals surface area contributed by atoms with Crippen molar-refractivity contribution in [1.82, 2.24) is 16.2 Å². The molecule has 0 spiro atoms. The average molecular weight is 420 g/mol. The second-order valence-electron chi connectivity index (χ2n) is 8.03. The van der Waals surface area contributed by atoms with Crippen molar-refractivity contribution in [3.8, 4) is 0 Å². The first-order valence-corrected chi connectivity index (χ1v) is 11.0. The molecule has 2 heterocycles. The highest BCUT2D eigenvalue weighted by Crippen LogP contribution is 2.40. The minimum Gasteiger partial charge on any atom is -0.342 e. The molecule has 2 aromatic rings. The summed E-state index contributed by atoms with van der Waals surface area (Å²) in [5.74, 6) is -0.509. The van der Waals surface area contributed by atoms with Crippen LogP contribution in [-0.4, -0.2) is 24.3 Å². The standard InChI is InChI=1S/C20H25N3O3S2/c1-20(2,3)13-6-7-14-12(9-13)10-16(28-14)19(26)23-22-17(24)11-21-18(25)15-5-4-8-27-15/h4-5,8,10,13H,6-7,9,11H2,1-3H3,(H,21,25)(H,22,24)(H,23,26)/t13-/m1/s1. The van der Waals surface area contributed by atoms with E-state index in [0.29, 0.717) is 15.7 Å². The van der Waals surface area contributed by atoms with Gasteiger partial charge in [-0.15, -0.1) is 22.7 Å². The molecule has 28 heavy (non-hydrogen) atoms. The second-order valence-corrected chi connectivity index (χ2v) is 10.1. The van der Waals surface area contributed by atoms with Gasteiger partial charge in [0.1, 0.15) is 0 Å². The fourth-order valence-electron chi connectivity index (χ4n) is 3.26. The first-order valence-electron chi connectivity index (χ1n) is 9.26. The van der Waals surface area contributed by atoms with Crippen LogP contribution in [0.1, 0.15) is 57.0 Å². The van der Waals surface area contributed by atoms with Crippen LogP contribution in [0.4, 0.5) is 0 Å². The SMILES string of the molecule is CC(C)(C)[C@@H]1CCc2sc(C(=O)NNC(=O)CNC(=O)c3cccs3)cc2C1. The van der Waals surface area contributed by atoms with Gasteiger partial charge in [0.05, 0.1) is 16.3 Å². The lowest BCUT2D eigenvalue weighted by Crippen LogP contribution is -2.46. The number of amides is 3. The third-order valence-corrected chi connectivity index (χ3v) is 7.11. The van der Waals surface area contributed by atoms with E-state index in [4.69, 9.17) is 0 Å². The Morgan fingerprint density at radius 2 is 1.93 bits per heavy atom. The van der Waals surface area contributed by atoms with Gasteiger partial charge in [0.15, 0.2) is 0 Å². The van der Waals surface area contributed by atoms with E-state index in [9.17, 15) is 14.4 Å². The molecule has 0 aliphatic heterocycles. The summed E-state index contributed by atoms with van der Waals surface area (Å²) in [6.45, 7) is 6.57. The van der Waals surface area contributed by atoms with E-state index in [1.165, 1.54) is 33.1 Å². The van der Waals surface area contributed by atoms with Gasteiger partial charge in [-0.25, -0.2) is 0 Å². The molecule has 0 radical (unpaired) electrons. The quantitative estimate of drug-likeness (QED) is 0.665. The van der Waals surface area contributed by atoms with Gasteiger partial charge < -0.3 is 5.32 Å². The number of hydrogen-bond acceptors (Lipinski definition) is 5. The molecular weight excluding hydrogens is 394 g/mol. The Kier molecular flexibility index (Phi) is 6.20. The first kappa shape index (κ1) is 20.5. The van der Waals surface area contributed by atoms with Crippen LogP contribution in [-0.2, 0) is 17.6 Å². The third-order valence-electron chi connectivity index (χ3n) is 5.00. The van der Waals surface area contributed by atoms with Crippen molar-refractivity contribution in [2.75, 3.05) is 6.54 Å². The van der Waals surface area contributed by atoms with E-state index >= 15 is 0 Å². The molecule has 2 aromatic heterocycles. The Balaban J connectivity index is 1.48. The molecule has 0 saturated carbocycles. The molecule has 0 fully saturated rings. The van der Waals surface area contributed by atoms with Crippen LogP contribution in [0, 0.1) is 11.3 Å². The summed E-state index contributed by atoms with van der Waals surface area (Å²) < 4.78 is 0. The van der Waals surface area contributed by atoms with Crippen LogP contribution >= 0.6 is 22.7 Å². The fourth-order valence-corrected chi connectivity index (χ4v) is 5.01. The molecule has 150 valence electrons. The molecule has 1 aliphatic rings. The van der Waals surface area contributed by atoms with Gasteiger partial charge >= 0.3 is 0 Å². The van der Waals surface area contributed by atoms with Crippen molar-refractivity contribution in [2.45, 2.75) is 40.0 Å². The summed E-state index contributed by atoms with van der Waals surface area (Å²) >= 11 is 2.79. The first-order chi connectivity index (χ1) is 13.2. The Morgan fingerprint density at radius 3 is 2.61 bits per heavy atom. The van der Waals surface area contributed by atoms with E-state index < -0.39 is 5.91 Å². The number of thiophene rings is 2. The molecule has 0 bridgehead atoms. The van der Waals surface area contributed by atoms with Gasteiger partial charge in [-0.2, -0.15) is 0 Å². The van der Waals surface area contributed by atoms with Gasteiger partial charge in [0.25, 0.3) is 17.7 Å². The lowest BCUT2D eigenvalue weighted by molar-refractivity contribution is -0.120. The molecule has 3 amide bonds. The zero-order valence-electron chi connectivity index (χ0n) is 16.3. The highest BCUT2D eigenvalue weighted by atomic mass is 32.1. The molecular formula is C20H25N3O3S2. The summed E-state index contributed by atoms with van der Waals surface area (Å²) in [6, 6.07) is 5.39. The Bertz CT molecular complexity index is 866. The Hall–Kier alpha value is -2.19. The summed E-state index contributed by atoms with van der Waals surface area (Å²) in [4.78, 5) is 38.4. The predicted molar refractivity (Wildman–Crippen MR) is 112 cm³/mol. The molecule has 8 heteroatoms. The lowest BCUT2D eigenvalue weighted by Gasteiger charge is -2.33. The van der Waals surface area contributed by atoms with Gasteiger partial charge in [-0.05, 0) is 53.7 Å². The van der Waals surface area contributed by atoms with E-state index in [2.05, 4.69) is 36.9 Å². The summed E-state index contributed by atoms with van der Waals surface area (Å²) in [7, 11) is 0. The molecule has 0 unspecified atom stereocenters. The maximum atomic E-state index is 12.4. The normalized spacial score (nSPS) is 16.2. The van der Waals surface area contributed by atoms with Gasteiger partial charge in [-0.1, -0.05) is 26.8 Å². The highest BCUT2D eigenvalue weighted by molar-refractivity contribution is 7.14. The number of carbonyl (C=O) groups excluding carboxylic acids is 3. The molecule has 0 aromatic carbocycles. The lowest BCUT2D eigenvalue weighted by atomic mass is 9.72. The molecule has 1 atom stereocenters. The van der Waals surface area contributed by atoms with Crippen molar-refractivity contribution in [3.63, 3.8) is 0 Å². The maximum Gasteiger partial charge on any atom is 0.279 e. The van der Waals surface area contributed by atoms with Crippen LogP contribution in [0.3, 0.4) is 0 Å².